The summed E-state index contributed by atoms with van der Waals surface area (Å²) in [6, 6.07) is 0.204. The van der Waals surface area contributed by atoms with Crippen LogP contribution in [-0.2, 0) is 0 Å². The van der Waals surface area contributed by atoms with E-state index in [-0.39, 0.29) is 11.7 Å². The van der Waals surface area contributed by atoms with Gasteiger partial charge in [0.05, 0.1) is 11.9 Å². The lowest BCUT2D eigenvalue weighted by Gasteiger charge is -2.13. The predicted molar refractivity (Wildman–Crippen MR) is 69.7 cm³/mol. The maximum Gasteiger partial charge on any atom is 0.329 e. The zero-order chi connectivity index (χ0) is 12.7. The van der Waals surface area contributed by atoms with Crippen molar-refractivity contribution in [2.75, 3.05) is 0 Å². The standard InChI is InChI=1S/C13H18N4O/c1-3-9(4-2)17-12-11(16-13(17)18)14-7-10(15-12)8-5-6-8/h7-9H,3-6H2,1-2H3,(H,14,16,18). The summed E-state index contributed by atoms with van der Waals surface area (Å²) in [7, 11) is 0. The van der Waals surface area contributed by atoms with Crippen molar-refractivity contribution in [3.05, 3.63) is 22.4 Å². The van der Waals surface area contributed by atoms with Crippen LogP contribution in [0.4, 0.5) is 0 Å². The molecule has 0 radical (unpaired) electrons. The first-order valence-corrected chi connectivity index (χ1v) is 6.71. The largest absolute Gasteiger partial charge is 0.329 e. The van der Waals surface area contributed by atoms with Gasteiger partial charge in [-0.2, -0.15) is 0 Å². The predicted octanol–water partition coefficient (Wildman–Crippen LogP) is 2.36. The van der Waals surface area contributed by atoms with Crippen LogP contribution in [0.15, 0.2) is 11.0 Å². The van der Waals surface area contributed by atoms with Crippen molar-refractivity contribution in [3.63, 3.8) is 0 Å². The lowest BCUT2D eigenvalue weighted by atomic mass is 10.2. The van der Waals surface area contributed by atoms with E-state index >= 15 is 0 Å². The van der Waals surface area contributed by atoms with E-state index in [1.165, 1.54) is 12.8 Å². The molecule has 0 aromatic carbocycles. The van der Waals surface area contributed by atoms with E-state index in [9.17, 15) is 4.79 Å². The number of nitrogens with one attached hydrogen (secondary N) is 1. The second-order valence-electron chi connectivity index (χ2n) is 5.01. The Labute approximate surface area is 105 Å². The average molecular weight is 246 g/mol. The molecule has 0 spiro atoms. The van der Waals surface area contributed by atoms with Crippen molar-refractivity contribution in [2.24, 2.45) is 0 Å². The fourth-order valence-electron chi connectivity index (χ4n) is 2.47. The molecule has 5 heteroatoms. The third-order valence-corrected chi connectivity index (χ3v) is 3.75. The van der Waals surface area contributed by atoms with Crippen LogP contribution in [0.5, 0.6) is 0 Å². The first-order chi connectivity index (χ1) is 8.74. The molecule has 1 aliphatic rings. The minimum atomic E-state index is -0.0911. The molecular formula is C13H18N4O. The molecule has 18 heavy (non-hydrogen) atoms. The molecule has 2 aromatic rings. The first kappa shape index (κ1) is 11.4. The lowest BCUT2D eigenvalue weighted by molar-refractivity contribution is 0.468. The Bertz CT molecular complexity index is 619. The van der Waals surface area contributed by atoms with Gasteiger partial charge in [0.1, 0.15) is 0 Å². The average Bonchev–Trinajstić information content (AvgIpc) is 3.16. The third kappa shape index (κ3) is 1.74. The molecule has 1 fully saturated rings. The fraction of sp³-hybridized carbons (Fsp3) is 0.615. The van der Waals surface area contributed by atoms with Gasteiger partial charge in [-0.1, -0.05) is 13.8 Å². The molecule has 2 aromatic heterocycles. The highest BCUT2D eigenvalue weighted by Crippen LogP contribution is 2.38. The van der Waals surface area contributed by atoms with Crippen LogP contribution >= 0.6 is 0 Å². The maximum atomic E-state index is 12.0. The van der Waals surface area contributed by atoms with Gasteiger partial charge in [0, 0.05) is 12.0 Å². The number of hydrogen-bond acceptors (Lipinski definition) is 3. The first-order valence-electron chi connectivity index (χ1n) is 6.71. The maximum absolute atomic E-state index is 12.0. The fourth-order valence-corrected chi connectivity index (χ4v) is 2.47. The molecule has 0 amide bonds. The van der Waals surface area contributed by atoms with Crippen molar-refractivity contribution in [3.8, 4) is 0 Å². The highest BCUT2D eigenvalue weighted by Gasteiger charge is 2.26. The summed E-state index contributed by atoms with van der Waals surface area (Å²) < 4.78 is 1.77. The molecule has 0 aliphatic heterocycles. The topological polar surface area (TPSA) is 63.6 Å². The van der Waals surface area contributed by atoms with Gasteiger partial charge in [0.25, 0.3) is 0 Å². The Hall–Kier alpha value is -1.65. The summed E-state index contributed by atoms with van der Waals surface area (Å²) in [5, 5.41) is 0. The summed E-state index contributed by atoms with van der Waals surface area (Å²) in [6.07, 6.45) is 6.05. The normalized spacial score (nSPS) is 15.7. The molecule has 96 valence electrons. The second-order valence-corrected chi connectivity index (χ2v) is 5.01. The number of aromatic nitrogens is 4. The highest BCUT2D eigenvalue weighted by molar-refractivity contribution is 5.65. The van der Waals surface area contributed by atoms with Crippen LogP contribution in [0.1, 0.15) is 57.2 Å². The van der Waals surface area contributed by atoms with E-state index in [4.69, 9.17) is 0 Å². The molecule has 0 unspecified atom stereocenters. The minimum Gasteiger partial charge on any atom is -0.289 e. The van der Waals surface area contributed by atoms with Crippen LogP contribution < -0.4 is 5.69 Å². The van der Waals surface area contributed by atoms with Gasteiger partial charge < -0.3 is 0 Å². The Balaban J connectivity index is 2.18. The quantitative estimate of drug-likeness (QED) is 0.900. The van der Waals surface area contributed by atoms with Crippen LogP contribution in [0.3, 0.4) is 0 Å². The van der Waals surface area contributed by atoms with Crippen LogP contribution in [-0.4, -0.2) is 19.5 Å². The highest BCUT2D eigenvalue weighted by atomic mass is 16.1. The number of nitrogens with zero attached hydrogens (tertiary/aromatic N) is 3. The van der Waals surface area contributed by atoms with Crippen LogP contribution in [0.25, 0.3) is 11.3 Å². The number of H-pyrrole nitrogens is 1. The van der Waals surface area contributed by atoms with Gasteiger partial charge in [-0.25, -0.2) is 14.8 Å². The van der Waals surface area contributed by atoms with Gasteiger partial charge in [-0.05, 0) is 25.7 Å². The molecule has 0 bridgehead atoms. The number of rotatable bonds is 4. The molecule has 1 saturated carbocycles. The summed E-state index contributed by atoms with van der Waals surface area (Å²) in [4.78, 5) is 23.8. The molecule has 5 nitrogen and oxygen atoms in total. The zero-order valence-corrected chi connectivity index (χ0v) is 10.8. The zero-order valence-electron chi connectivity index (χ0n) is 10.8. The smallest absolute Gasteiger partial charge is 0.289 e. The lowest BCUT2D eigenvalue weighted by Crippen LogP contribution is -2.21. The monoisotopic (exact) mass is 246 g/mol. The van der Waals surface area contributed by atoms with Gasteiger partial charge in [0.2, 0.25) is 0 Å². The van der Waals surface area contributed by atoms with Gasteiger partial charge in [0.15, 0.2) is 11.3 Å². The summed E-state index contributed by atoms with van der Waals surface area (Å²) >= 11 is 0. The molecular weight excluding hydrogens is 228 g/mol. The number of fused-ring (bicyclic) bond motifs is 1. The van der Waals surface area contributed by atoms with Gasteiger partial charge in [-0.15, -0.1) is 0 Å². The summed E-state index contributed by atoms with van der Waals surface area (Å²) in [5.41, 5.74) is 2.27. The van der Waals surface area contributed by atoms with Crippen molar-refractivity contribution >= 4 is 11.3 Å². The molecule has 2 heterocycles. The Kier molecular flexibility index (Phi) is 2.69. The minimum absolute atomic E-state index is 0.0911. The van der Waals surface area contributed by atoms with Gasteiger partial charge >= 0.3 is 5.69 Å². The van der Waals surface area contributed by atoms with Crippen LogP contribution in [0.2, 0.25) is 0 Å². The van der Waals surface area contributed by atoms with Crippen molar-refractivity contribution in [2.45, 2.75) is 51.5 Å². The number of aromatic amines is 1. The van der Waals surface area contributed by atoms with E-state index in [1.54, 1.807) is 10.8 Å². The van der Waals surface area contributed by atoms with E-state index in [0.29, 0.717) is 11.6 Å². The van der Waals surface area contributed by atoms with E-state index < -0.39 is 0 Å². The van der Waals surface area contributed by atoms with E-state index in [0.717, 1.165) is 24.2 Å². The third-order valence-electron chi connectivity index (χ3n) is 3.75. The van der Waals surface area contributed by atoms with Crippen molar-refractivity contribution in [1.29, 1.82) is 0 Å². The van der Waals surface area contributed by atoms with Gasteiger partial charge in [-0.3, -0.25) is 9.55 Å². The molecule has 0 saturated heterocycles. The Morgan fingerprint density at radius 3 is 2.78 bits per heavy atom. The second kappa shape index (κ2) is 4.23. The van der Waals surface area contributed by atoms with Crippen molar-refractivity contribution in [1.82, 2.24) is 19.5 Å². The Morgan fingerprint density at radius 1 is 1.44 bits per heavy atom. The molecule has 0 atom stereocenters. The number of hydrogen-bond donors (Lipinski definition) is 1. The molecule has 1 N–H and O–H groups in total. The molecule has 3 rings (SSSR count). The summed E-state index contributed by atoms with van der Waals surface area (Å²) in [5.74, 6) is 0.557. The van der Waals surface area contributed by atoms with Crippen LogP contribution in [0, 0.1) is 0 Å². The Morgan fingerprint density at radius 2 is 2.17 bits per heavy atom. The van der Waals surface area contributed by atoms with E-state index in [1.807, 2.05) is 0 Å². The number of imidazole rings is 1. The van der Waals surface area contributed by atoms with Crippen molar-refractivity contribution < 1.29 is 0 Å². The SMILES string of the molecule is CCC(CC)n1c(=O)[nH]c2ncc(C3CC3)nc21. The molecule has 1 aliphatic carbocycles. The summed E-state index contributed by atoms with van der Waals surface area (Å²) in [6.45, 7) is 4.19. The van der Waals surface area contributed by atoms with E-state index in [2.05, 4.69) is 28.8 Å².